The van der Waals surface area contributed by atoms with Gasteiger partial charge in [-0.15, -0.1) is 0 Å². The fraction of sp³-hybridized carbons (Fsp3) is 0.333. The van der Waals surface area contributed by atoms with Gasteiger partial charge in [-0.3, -0.25) is 4.79 Å². The summed E-state index contributed by atoms with van der Waals surface area (Å²) in [5, 5.41) is 10.2. The minimum Gasteiger partial charge on any atom is -0.369 e. The van der Waals surface area contributed by atoms with Gasteiger partial charge in [0.25, 0.3) is 0 Å². The Labute approximate surface area is 171 Å². The van der Waals surface area contributed by atoms with E-state index < -0.39 is 0 Å². The molecule has 0 bridgehead atoms. The minimum absolute atomic E-state index is 0.0644. The van der Waals surface area contributed by atoms with Crippen LogP contribution in [0.15, 0.2) is 59.6 Å². The molecule has 1 aliphatic rings. The molecule has 6 nitrogen and oxygen atoms in total. The Morgan fingerprint density at radius 3 is 2.79 bits per heavy atom. The van der Waals surface area contributed by atoms with Gasteiger partial charge in [0, 0.05) is 42.1 Å². The number of nitrogens with one attached hydrogen (secondary N) is 3. The highest BCUT2D eigenvalue weighted by molar-refractivity contribution is 6.30. The van der Waals surface area contributed by atoms with Crippen LogP contribution in [0.25, 0.3) is 0 Å². The Bertz CT molecular complexity index is 811. The second-order valence-corrected chi connectivity index (χ2v) is 7.10. The van der Waals surface area contributed by atoms with E-state index in [1.807, 2.05) is 55.5 Å². The number of halogens is 1. The number of benzene rings is 2. The third kappa shape index (κ3) is 5.89. The molecule has 1 amide bonds. The quantitative estimate of drug-likeness (QED) is 0.515. The number of anilines is 2. The first-order valence-electron chi connectivity index (χ1n) is 9.54. The van der Waals surface area contributed by atoms with Crippen molar-refractivity contribution in [3.05, 3.63) is 59.6 Å². The lowest BCUT2D eigenvalue weighted by Crippen LogP contribution is -2.45. The van der Waals surface area contributed by atoms with Crippen molar-refractivity contribution in [1.29, 1.82) is 0 Å². The Morgan fingerprint density at radius 2 is 2.04 bits per heavy atom. The molecule has 7 heteroatoms. The number of carbonyl (C=O) groups is 1. The Morgan fingerprint density at radius 1 is 1.21 bits per heavy atom. The van der Waals surface area contributed by atoms with Gasteiger partial charge in [-0.1, -0.05) is 35.9 Å². The maximum absolute atomic E-state index is 12.1. The highest BCUT2D eigenvalue weighted by Crippen LogP contribution is 2.23. The zero-order valence-electron chi connectivity index (χ0n) is 16.0. The largest absolute Gasteiger partial charge is 0.369 e. The average Bonchev–Trinajstić information content (AvgIpc) is 3.16. The molecule has 0 radical (unpaired) electrons. The second kappa shape index (κ2) is 9.99. The van der Waals surface area contributed by atoms with E-state index in [1.54, 1.807) is 0 Å². The van der Waals surface area contributed by atoms with Gasteiger partial charge in [-0.05, 0) is 43.7 Å². The summed E-state index contributed by atoms with van der Waals surface area (Å²) in [6.07, 6.45) is 0.993. The lowest BCUT2D eigenvalue weighted by Gasteiger charge is -2.20. The summed E-state index contributed by atoms with van der Waals surface area (Å²) in [5.74, 6) is 0.513. The van der Waals surface area contributed by atoms with E-state index in [-0.39, 0.29) is 18.5 Å². The molecule has 3 N–H and O–H groups in total. The standard InChI is InChI=1S/C21H26ClN5O/c1-2-23-21(24-14-20(28)25-17-8-4-3-5-9-17)26-18-11-12-27(15-18)19-10-6-7-16(22)13-19/h3-10,13,18H,2,11-12,14-15H2,1H3,(H,25,28)(H2,23,24,26). The molecule has 1 unspecified atom stereocenters. The van der Waals surface area contributed by atoms with Crippen molar-refractivity contribution >= 4 is 34.8 Å². The second-order valence-electron chi connectivity index (χ2n) is 6.67. The normalized spacial score (nSPS) is 16.7. The highest BCUT2D eigenvalue weighted by Gasteiger charge is 2.23. The number of hydrogen-bond donors (Lipinski definition) is 3. The van der Waals surface area contributed by atoms with Gasteiger partial charge in [0.1, 0.15) is 6.54 Å². The van der Waals surface area contributed by atoms with Crippen LogP contribution in [0.5, 0.6) is 0 Å². The van der Waals surface area contributed by atoms with Gasteiger partial charge in [-0.2, -0.15) is 0 Å². The van der Waals surface area contributed by atoms with E-state index in [2.05, 4.69) is 31.9 Å². The molecule has 1 atom stereocenters. The monoisotopic (exact) mass is 399 g/mol. The molecule has 1 fully saturated rings. The molecule has 0 aromatic heterocycles. The van der Waals surface area contributed by atoms with Crippen LogP contribution in [-0.4, -0.2) is 44.1 Å². The van der Waals surface area contributed by atoms with Crippen LogP contribution in [0.2, 0.25) is 5.02 Å². The lowest BCUT2D eigenvalue weighted by molar-refractivity contribution is -0.114. The van der Waals surface area contributed by atoms with Crippen LogP contribution in [0.1, 0.15) is 13.3 Å². The van der Waals surface area contributed by atoms with E-state index in [1.165, 1.54) is 0 Å². The molecule has 148 valence electrons. The van der Waals surface area contributed by atoms with E-state index in [4.69, 9.17) is 11.6 Å². The maximum Gasteiger partial charge on any atom is 0.246 e. The van der Waals surface area contributed by atoms with Gasteiger partial charge < -0.3 is 20.9 Å². The minimum atomic E-state index is -0.143. The van der Waals surface area contributed by atoms with Crippen LogP contribution in [0, 0.1) is 0 Å². The van der Waals surface area contributed by atoms with Crippen LogP contribution in [0.3, 0.4) is 0 Å². The van der Waals surface area contributed by atoms with Crippen molar-refractivity contribution in [2.24, 2.45) is 4.99 Å². The summed E-state index contributed by atoms with van der Waals surface area (Å²) < 4.78 is 0. The summed E-state index contributed by atoms with van der Waals surface area (Å²) in [7, 11) is 0. The van der Waals surface area contributed by atoms with Crippen molar-refractivity contribution < 1.29 is 4.79 Å². The van der Waals surface area contributed by atoms with Crippen molar-refractivity contribution in [1.82, 2.24) is 10.6 Å². The van der Waals surface area contributed by atoms with Crippen LogP contribution < -0.4 is 20.9 Å². The van der Waals surface area contributed by atoms with Crippen LogP contribution in [0.4, 0.5) is 11.4 Å². The van der Waals surface area contributed by atoms with Crippen molar-refractivity contribution in [2.45, 2.75) is 19.4 Å². The number of carbonyl (C=O) groups excluding carboxylic acids is 1. The molecule has 0 aliphatic carbocycles. The molecule has 1 heterocycles. The molecule has 0 spiro atoms. The number of para-hydroxylation sites is 1. The first-order chi connectivity index (χ1) is 13.6. The number of rotatable bonds is 6. The Hall–Kier alpha value is -2.73. The average molecular weight is 400 g/mol. The molecule has 28 heavy (non-hydrogen) atoms. The van der Waals surface area contributed by atoms with Crippen LogP contribution in [-0.2, 0) is 4.79 Å². The van der Waals surface area contributed by atoms with Crippen molar-refractivity contribution in [3.8, 4) is 0 Å². The van der Waals surface area contributed by atoms with E-state index in [0.717, 1.165) is 42.5 Å². The molecular weight excluding hydrogens is 374 g/mol. The van der Waals surface area contributed by atoms with E-state index in [0.29, 0.717) is 5.96 Å². The summed E-state index contributed by atoms with van der Waals surface area (Å²) in [6, 6.07) is 17.6. The predicted octanol–water partition coefficient (Wildman–Crippen LogP) is 3.11. The van der Waals surface area contributed by atoms with Gasteiger partial charge >= 0.3 is 0 Å². The number of guanidine groups is 1. The van der Waals surface area contributed by atoms with Gasteiger partial charge in [0.15, 0.2) is 5.96 Å². The third-order valence-corrected chi connectivity index (χ3v) is 4.72. The molecule has 1 aliphatic heterocycles. The summed E-state index contributed by atoms with van der Waals surface area (Å²) >= 11 is 6.10. The third-order valence-electron chi connectivity index (χ3n) is 4.48. The van der Waals surface area contributed by atoms with Gasteiger partial charge in [0.2, 0.25) is 5.91 Å². The summed E-state index contributed by atoms with van der Waals surface area (Å²) in [4.78, 5) is 18.9. The van der Waals surface area contributed by atoms with E-state index >= 15 is 0 Å². The maximum atomic E-state index is 12.1. The molecule has 2 aromatic carbocycles. The smallest absolute Gasteiger partial charge is 0.246 e. The van der Waals surface area contributed by atoms with Crippen molar-refractivity contribution in [3.63, 3.8) is 0 Å². The number of amides is 1. The highest BCUT2D eigenvalue weighted by atomic mass is 35.5. The zero-order chi connectivity index (χ0) is 19.8. The molecule has 0 saturated carbocycles. The number of nitrogens with zero attached hydrogens (tertiary/aromatic N) is 2. The summed E-state index contributed by atoms with van der Waals surface area (Å²) in [5.41, 5.74) is 1.90. The number of aliphatic imine (C=N–C) groups is 1. The molecule has 2 aromatic rings. The SMILES string of the molecule is CCNC(=NCC(=O)Nc1ccccc1)NC1CCN(c2cccc(Cl)c2)C1. The number of hydrogen-bond acceptors (Lipinski definition) is 3. The lowest BCUT2D eigenvalue weighted by atomic mass is 10.2. The van der Waals surface area contributed by atoms with Gasteiger partial charge in [-0.25, -0.2) is 4.99 Å². The Kier molecular flexibility index (Phi) is 7.14. The first kappa shape index (κ1) is 20.0. The fourth-order valence-electron chi connectivity index (χ4n) is 3.17. The first-order valence-corrected chi connectivity index (χ1v) is 9.92. The zero-order valence-corrected chi connectivity index (χ0v) is 16.7. The van der Waals surface area contributed by atoms with Gasteiger partial charge in [0.05, 0.1) is 0 Å². The van der Waals surface area contributed by atoms with E-state index in [9.17, 15) is 4.79 Å². The topological polar surface area (TPSA) is 68.8 Å². The molecule has 3 rings (SSSR count). The fourth-order valence-corrected chi connectivity index (χ4v) is 3.36. The van der Waals surface area contributed by atoms with Crippen LogP contribution >= 0.6 is 11.6 Å². The molecular formula is C21H26ClN5O. The molecule has 1 saturated heterocycles. The predicted molar refractivity (Wildman–Crippen MR) is 116 cm³/mol. The summed E-state index contributed by atoms with van der Waals surface area (Å²) in [6.45, 7) is 4.62. The van der Waals surface area contributed by atoms with Crippen molar-refractivity contribution in [2.75, 3.05) is 36.4 Å². The Balaban J connectivity index is 1.54.